The second kappa shape index (κ2) is 5.45. The number of carbonyl (C=O) groups is 1. The first-order chi connectivity index (χ1) is 5.48. The molecule has 5 heteroatoms. The second-order valence-electron chi connectivity index (χ2n) is 2.38. The van der Waals surface area contributed by atoms with Crippen LogP contribution in [-0.4, -0.2) is 23.5 Å². The van der Waals surface area contributed by atoms with Gasteiger partial charge in [-0.3, -0.25) is 9.18 Å². The highest BCUT2D eigenvalue weighted by Gasteiger charge is 2.27. The van der Waals surface area contributed by atoms with Gasteiger partial charge in [0.1, 0.15) is 0 Å². The van der Waals surface area contributed by atoms with E-state index >= 15 is 0 Å². The van der Waals surface area contributed by atoms with Gasteiger partial charge in [-0.1, -0.05) is 11.8 Å². The van der Waals surface area contributed by atoms with Crippen LogP contribution in [0, 0.1) is 0 Å². The summed E-state index contributed by atoms with van der Waals surface area (Å²) in [6.07, 6.45) is -1.17. The molecule has 0 atom stereocenters. The Balaban J connectivity index is 3.53. The van der Waals surface area contributed by atoms with Crippen LogP contribution in [0.4, 0.5) is 13.2 Å². The molecule has 0 rings (SSSR count). The fourth-order valence-electron chi connectivity index (χ4n) is 0.607. The van der Waals surface area contributed by atoms with Gasteiger partial charge in [0.15, 0.2) is 5.12 Å². The maximum atomic E-state index is 12.5. The molecule has 0 aliphatic heterocycles. The quantitative estimate of drug-likeness (QED) is 0.678. The molecular weight excluding hydrogens is 189 g/mol. The minimum absolute atomic E-state index is 0.0579. The Kier molecular flexibility index (Phi) is 5.37. The van der Waals surface area contributed by atoms with Crippen molar-refractivity contribution in [3.63, 3.8) is 0 Å². The van der Waals surface area contributed by atoms with Gasteiger partial charge < -0.3 is 0 Å². The number of hydrogen-bond acceptors (Lipinski definition) is 2. The molecule has 0 heterocycles. The number of halogens is 3. The summed E-state index contributed by atoms with van der Waals surface area (Å²) in [5.74, 6) is -2.90. The predicted octanol–water partition coefficient (Wildman–Crippen LogP) is 2.65. The largest absolute Gasteiger partial charge is 0.288 e. The van der Waals surface area contributed by atoms with Gasteiger partial charge in [0.05, 0.1) is 6.67 Å². The molecule has 0 unspecified atom stereocenters. The summed E-state index contributed by atoms with van der Waals surface area (Å²) >= 11 is 0.843. The SMILES string of the molecule is CC(=O)SCCC(F)(F)CCF. The van der Waals surface area contributed by atoms with E-state index in [-0.39, 0.29) is 10.9 Å². The lowest BCUT2D eigenvalue weighted by molar-refractivity contribution is -0.109. The molecule has 72 valence electrons. The van der Waals surface area contributed by atoms with Crippen molar-refractivity contribution in [3.8, 4) is 0 Å². The predicted molar refractivity (Wildman–Crippen MR) is 43.3 cm³/mol. The van der Waals surface area contributed by atoms with Gasteiger partial charge in [-0.15, -0.1) is 0 Å². The summed E-state index contributed by atoms with van der Waals surface area (Å²) in [6, 6.07) is 0. The standard InChI is InChI=1S/C7H11F3OS/c1-6(11)12-5-3-7(9,10)2-4-8/h2-5H2,1H3. The molecule has 0 radical (unpaired) electrons. The van der Waals surface area contributed by atoms with Gasteiger partial charge >= 0.3 is 0 Å². The third kappa shape index (κ3) is 6.52. The van der Waals surface area contributed by atoms with Crippen molar-refractivity contribution >= 4 is 16.9 Å². The first kappa shape index (κ1) is 11.8. The summed E-state index contributed by atoms with van der Waals surface area (Å²) in [5.41, 5.74) is 0. The Morgan fingerprint density at radius 1 is 1.42 bits per heavy atom. The van der Waals surface area contributed by atoms with Gasteiger partial charge in [-0.05, 0) is 0 Å². The Morgan fingerprint density at radius 2 is 2.00 bits per heavy atom. The molecule has 0 aliphatic carbocycles. The number of carbonyl (C=O) groups excluding carboxylic acids is 1. The molecule has 12 heavy (non-hydrogen) atoms. The summed E-state index contributed by atoms with van der Waals surface area (Å²) in [7, 11) is 0. The zero-order valence-electron chi connectivity index (χ0n) is 6.78. The van der Waals surface area contributed by atoms with Crippen molar-refractivity contribution in [2.75, 3.05) is 12.4 Å². The third-order valence-electron chi connectivity index (χ3n) is 1.23. The van der Waals surface area contributed by atoms with Gasteiger partial charge in [-0.25, -0.2) is 8.78 Å². The topological polar surface area (TPSA) is 17.1 Å². The van der Waals surface area contributed by atoms with Crippen LogP contribution in [0.1, 0.15) is 19.8 Å². The minimum Gasteiger partial charge on any atom is -0.288 e. The maximum absolute atomic E-state index is 12.5. The van der Waals surface area contributed by atoms with E-state index in [9.17, 15) is 18.0 Å². The molecule has 0 aliphatic rings. The Hall–Kier alpha value is -0.190. The third-order valence-corrected chi connectivity index (χ3v) is 2.05. The van der Waals surface area contributed by atoms with Gasteiger partial charge in [0.25, 0.3) is 5.92 Å². The first-order valence-corrected chi connectivity index (χ1v) is 4.53. The van der Waals surface area contributed by atoms with E-state index in [1.54, 1.807) is 0 Å². The first-order valence-electron chi connectivity index (χ1n) is 3.55. The number of thioether (sulfide) groups is 1. The van der Waals surface area contributed by atoms with Crippen molar-refractivity contribution in [1.29, 1.82) is 0 Å². The molecule has 0 amide bonds. The van der Waals surface area contributed by atoms with Crippen molar-refractivity contribution in [1.82, 2.24) is 0 Å². The Bertz CT molecular complexity index is 150. The molecule has 1 nitrogen and oxygen atoms in total. The summed E-state index contributed by atoms with van der Waals surface area (Å²) in [4.78, 5) is 10.3. The van der Waals surface area contributed by atoms with Crippen LogP contribution in [0.25, 0.3) is 0 Å². The van der Waals surface area contributed by atoms with Crippen molar-refractivity contribution < 1.29 is 18.0 Å². The molecular formula is C7H11F3OS. The van der Waals surface area contributed by atoms with Gasteiger partial charge in [0.2, 0.25) is 0 Å². The molecule has 0 saturated heterocycles. The van der Waals surface area contributed by atoms with Crippen molar-refractivity contribution in [2.24, 2.45) is 0 Å². The zero-order valence-corrected chi connectivity index (χ0v) is 7.60. The summed E-state index contributed by atoms with van der Waals surface area (Å²) in [6.45, 7) is 0.301. The highest BCUT2D eigenvalue weighted by atomic mass is 32.2. The average molecular weight is 200 g/mol. The molecule has 0 aromatic heterocycles. The Labute approximate surface area is 73.7 Å². The fourth-order valence-corrected chi connectivity index (χ4v) is 1.30. The zero-order chi connectivity index (χ0) is 9.61. The number of hydrogen-bond donors (Lipinski definition) is 0. The van der Waals surface area contributed by atoms with E-state index in [2.05, 4.69) is 0 Å². The van der Waals surface area contributed by atoms with E-state index in [0.29, 0.717) is 0 Å². The Morgan fingerprint density at radius 3 is 2.42 bits per heavy atom. The van der Waals surface area contributed by atoms with E-state index in [1.165, 1.54) is 6.92 Å². The summed E-state index contributed by atoms with van der Waals surface area (Å²) in [5, 5.41) is -0.189. The van der Waals surface area contributed by atoms with Gasteiger partial charge in [-0.2, -0.15) is 0 Å². The molecule has 0 aromatic carbocycles. The number of rotatable bonds is 5. The second-order valence-corrected chi connectivity index (χ2v) is 3.66. The highest BCUT2D eigenvalue weighted by molar-refractivity contribution is 8.13. The van der Waals surface area contributed by atoms with Gasteiger partial charge in [0, 0.05) is 25.5 Å². The highest BCUT2D eigenvalue weighted by Crippen LogP contribution is 2.24. The summed E-state index contributed by atoms with van der Waals surface area (Å²) < 4.78 is 36.5. The molecule has 0 aromatic rings. The smallest absolute Gasteiger partial charge is 0.251 e. The molecule has 0 N–H and O–H groups in total. The van der Waals surface area contributed by atoms with Crippen LogP contribution in [0.15, 0.2) is 0 Å². The monoisotopic (exact) mass is 200 g/mol. The van der Waals surface area contributed by atoms with E-state index < -0.39 is 25.4 Å². The number of alkyl halides is 3. The lowest BCUT2D eigenvalue weighted by Crippen LogP contribution is -2.17. The van der Waals surface area contributed by atoms with Crippen molar-refractivity contribution in [2.45, 2.75) is 25.7 Å². The van der Waals surface area contributed by atoms with E-state index in [1.807, 2.05) is 0 Å². The van der Waals surface area contributed by atoms with Crippen molar-refractivity contribution in [3.05, 3.63) is 0 Å². The fraction of sp³-hybridized carbons (Fsp3) is 0.857. The molecule has 0 spiro atoms. The van der Waals surface area contributed by atoms with Crippen LogP contribution in [0.3, 0.4) is 0 Å². The molecule has 0 bridgehead atoms. The van der Waals surface area contributed by atoms with Crippen LogP contribution < -0.4 is 0 Å². The van der Waals surface area contributed by atoms with Crippen LogP contribution in [0.5, 0.6) is 0 Å². The van der Waals surface area contributed by atoms with Crippen LogP contribution in [-0.2, 0) is 4.79 Å². The van der Waals surface area contributed by atoms with E-state index in [4.69, 9.17) is 0 Å². The van der Waals surface area contributed by atoms with E-state index in [0.717, 1.165) is 11.8 Å². The lowest BCUT2D eigenvalue weighted by atomic mass is 10.2. The average Bonchev–Trinajstić information content (AvgIpc) is 1.85. The minimum atomic E-state index is -2.96. The van der Waals surface area contributed by atoms with Crippen LogP contribution in [0.2, 0.25) is 0 Å². The molecule has 0 fully saturated rings. The van der Waals surface area contributed by atoms with Crippen LogP contribution >= 0.6 is 11.8 Å². The normalized spacial score (nSPS) is 11.7. The molecule has 0 saturated carbocycles. The lowest BCUT2D eigenvalue weighted by Gasteiger charge is -2.12. The maximum Gasteiger partial charge on any atom is 0.251 e.